The van der Waals surface area contributed by atoms with Crippen LogP contribution in [0.4, 0.5) is 23.1 Å². The summed E-state index contributed by atoms with van der Waals surface area (Å²) in [4.78, 5) is 33.3. The number of hydrogen-bond acceptors (Lipinski definition) is 8. The maximum Gasteiger partial charge on any atom is 0.225 e. The van der Waals surface area contributed by atoms with Gasteiger partial charge in [-0.25, -0.2) is 9.97 Å². The summed E-state index contributed by atoms with van der Waals surface area (Å²) in [5.41, 5.74) is 7.07. The van der Waals surface area contributed by atoms with Gasteiger partial charge < -0.3 is 21.7 Å². The third-order valence-corrected chi connectivity index (χ3v) is 5.74. The molecule has 0 unspecified atom stereocenters. The number of rotatable bonds is 13. The Balaban J connectivity index is 1.66. The van der Waals surface area contributed by atoms with Gasteiger partial charge in [-0.2, -0.15) is 5.10 Å². The van der Waals surface area contributed by atoms with Crippen LogP contribution in [0.5, 0.6) is 0 Å². The molecule has 0 atom stereocenters. The summed E-state index contributed by atoms with van der Waals surface area (Å²) in [7, 11) is 1.87. The van der Waals surface area contributed by atoms with Crippen molar-refractivity contribution in [2.24, 2.45) is 5.73 Å². The van der Waals surface area contributed by atoms with Crippen molar-refractivity contribution in [3.05, 3.63) is 42.1 Å². The van der Waals surface area contributed by atoms with Crippen molar-refractivity contribution in [1.82, 2.24) is 20.2 Å². The highest BCUT2D eigenvalue weighted by atomic mass is 32.2. The average Bonchev–Trinajstić information content (AvgIpc) is 3.20. The third-order valence-electron chi connectivity index (χ3n) is 4.86. The Kier molecular flexibility index (Phi) is 9.27. The van der Waals surface area contributed by atoms with E-state index in [0.717, 1.165) is 42.0 Å². The van der Waals surface area contributed by atoms with Crippen LogP contribution >= 0.6 is 11.8 Å². The molecule has 0 aliphatic heterocycles. The number of H-pyrrole nitrogens is 1. The van der Waals surface area contributed by atoms with Crippen molar-refractivity contribution in [1.29, 1.82) is 0 Å². The van der Waals surface area contributed by atoms with E-state index in [4.69, 9.17) is 5.73 Å². The maximum atomic E-state index is 12.5. The van der Waals surface area contributed by atoms with Crippen LogP contribution in [0.3, 0.4) is 0 Å². The van der Waals surface area contributed by atoms with Gasteiger partial charge in [0.15, 0.2) is 11.0 Å². The van der Waals surface area contributed by atoms with E-state index >= 15 is 0 Å². The standard InChI is InChI=1S/C23H30N8O2S/c1-15-13-21(31-30-15)26-19-14-20(27-22(33)8-6-4-3-5-7-18(24)32)29-23(28-19)34-17-11-9-16(25-2)10-12-17/h9-14,25H,3-8H2,1-2H3,(H2,24,32)(H3,26,27,28,29,30,31,33). The Morgan fingerprint density at radius 1 is 0.971 bits per heavy atom. The first kappa shape index (κ1) is 25.0. The van der Waals surface area contributed by atoms with Crippen LogP contribution in [-0.2, 0) is 9.59 Å². The number of unbranched alkanes of at least 4 members (excludes halogenated alkanes) is 3. The number of aromatic amines is 1. The first-order valence-electron chi connectivity index (χ1n) is 11.1. The molecule has 6 N–H and O–H groups in total. The second-order valence-corrected chi connectivity index (χ2v) is 8.83. The number of nitrogens with one attached hydrogen (secondary N) is 4. The van der Waals surface area contributed by atoms with Crippen LogP contribution in [0, 0.1) is 6.92 Å². The average molecular weight is 483 g/mol. The molecule has 1 aromatic carbocycles. The van der Waals surface area contributed by atoms with Crippen molar-refractivity contribution in [2.75, 3.05) is 23.0 Å². The number of anilines is 4. The van der Waals surface area contributed by atoms with Crippen LogP contribution in [0.1, 0.15) is 44.2 Å². The summed E-state index contributed by atoms with van der Waals surface area (Å²) in [5.74, 6) is 1.15. The van der Waals surface area contributed by atoms with E-state index in [1.165, 1.54) is 11.8 Å². The van der Waals surface area contributed by atoms with E-state index in [0.29, 0.717) is 35.5 Å². The molecular weight excluding hydrogens is 452 g/mol. The van der Waals surface area contributed by atoms with Gasteiger partial charge in [0.05, 0.1) is 0 Å². The Bertz CT molecular complexity index is 1100. The van der Waals surface area contributed by atoms with E-state index < -0.39 is 0 Å². The molecule has 0 aliphatic rings. The molecule has 11 heteroatoms. The number of nitrogens with zero attached hydrogens (tertiary/aromatic N) is 3. The Morgan fingerprint density at radius 3 is 2.32 bits per heavy atom. The second-order valence-electron chi connectivity index (χ2n) is 7.79. The molecule has 0 bridgehead atoms. The van der Waals surface area contributed by atoms with Gasteiger partial charge in [0.25, 0.3) is 0 Å². The highest BCUT2D eigenvalue weighted by Crippen LogP contribution is 2.29. The molecule has 0 saturated carbocycles. The van der Waals surface area contributed by atoms with E-state index in [1.807, 2.05) is 44.3 Å². The molecule has 34 heavy (non-hydrogen) atoms. The van der Waals surface area contributed by atoms with Crippen molar-refractivity contribution >= 4 is 46.7 Å². The molecule has 3 aromatic rings. The fourth-order valence-electron chi connectivity index (χ4n) is 3.15. The number of carbonyl (C=O) groups is 2. The van der Waals surface area contributed by atoms with Crippen molar-refractivity contribution in [2.45, 2.75) is 55.5 Å². The number of primary amides is 1. The predicted molar refractivity (Wildman–Crippen MR) is 134 cm³/mol. The van der Waals surface area contributed by atoms with E-state index in [9.17, 15) is 9.59 Å². The van der Waals surface area contributed by atoms with Crippen LogP contribution in [-0.4, -0.2) is 39.0 Å². The molecule has 2 amide bonds. The summed E-state index contributed by atoms with van der Waals surface area (Å²) in [6, 6.07) is 11.5. The van der Waals surface area contributed by atoms with Gasteiger partial charge in [-0.05, 0) is 55.8 Å². The quantitative estimate of drug-likeness (QED) is 0.179. The van der Waals surface area contributed by atoms with Crippen molar-refractivity contribution in [3.63, 3.8) is 0 Å². The minimum atomic E-state index is -0.289. The lowest BCUT2D eigenvalue weighted by Crippen LogP contribution is -2.13. The molecule has 180 valence electrons. The Labute approximate surface area is 202 Å². The summed E-state index contributed by atoms with van der Waals surface area (Å²) in [5, 5.41) is 16.7. The first-order valence-corrected chi connectivity index (χ1v) is 11.9. The third kappa shape index (κ3) is 8.39. The predicted octanol–water partition coefficient (Wildman–Crippen LogP) is 4.21. The Morgan fingerprint density at radius 2 is 1.68 bits per heavy atom. The molecule has 3 rings (SSSR count). The SMILES string of the molecule is CNc1ccc(Sc2nc(NC(=O)CCCCCCC(N)=O)cc(Nc3cc(C)[nH]n3)n2)cc1. The molecule has 0 saturated heterocycles. The number of carbonyl (C=O) groups excluding carboxylic acids is 2. The lowest BCUT2D eigenvalue weighted by atomic mass is 10.1. The van der Waals surface area contributed by atoms with Crippen molar-refractivity contribution < 1.29 is 9.59 Å². The molecule has 0 aliphatic carbocycles. The molecule has 10 nitrogen and oxygen atoms in total. The number of nitrogens with two attached hydrogens (primary N) is 1. The summed E-state index contributed by atoms with van der Waals surface area (Å²) in [6.45, 7) is 1.91. The number of aromatic nitrogens is 4. The summed E-state index contributed by atoms with van der Waals surface area (Å²) in [6.07, 6.45) is 3.97. The largest absolute Gasteiger partial charge is 0.388 e. The van der Waals surface area contributed by atoms with Gasteiger partial charge in [0, 0.05) is 48.3 Å². The molecular formula is C23H30N8O2S. The summed E-state index contributed by atoms with van der Waals surface area (Å²) >= 11 is 1.40. The van der Waals surface area contributed by atoms with Gasteiger partial charge >= 0.3 is 0 Å². The molecule has 2 aromatic heterocycles. The number of aryl methyl sites for hydroxylation is 1. The van der Waals surface area contributed by atoms with E-state index in [2.05, 4.69) is 36.1 Å². The lowest BCUT2D eigenvalue weighted by molar-refractivity contribution is -0.118. The fraction of sp³-hybridized carbons (Fsp3) is 0.348. The zero-order valence-corrected chi connectivity index (χ0v) is 20.2. The maximum absolute atomic E-state index is 12.5. The number of benzene rings is 1. The molecule has 2 heterocycles. The smallest absolute Gasteiger partial charge is 0.225 e. The van der Waals surface area contributed by atoms with Gasteiger partial charge in [0.1, 0.15) is 11.6 Å². The normalized spacial score (nSPS) is 10.6. The molecule has 0 fully saturated rings. The topological polar surface area (TPSA) is 151 Å². The monoisotopic (exact) mass is 482 g/mol. The van der Waals surface area contributed by atoms with Crippen LogP contribution < -0.4 is 21.7 Å². The zero-order valence-electron chi connectivity index (χ0n) is 19.4. The van der Waals surface area contributed by atoms with Crippen LogP contribution in [0.15, 0.2) is 46.5 Å². The van der Waals surface area contributed by atoms with E-state index in [1.54, 1.807) is 6.07 Å². The van der Waals surface area contributed by atoms with Crippen LogP contribution in [0.2, 0.25) is 0 Å². The molecule has 0 spiro atoms. The lowest BCUT2D eigenvalue weighted by Gasteiger charge is -2.10. The van der Waals surface area contributed by atoms with Crippen molar-refractivity contribution in [3.8, 4) is 0 Å². The first-order chi connectivity index (χ1) is 16.4. The Hall–Kier alpha value is -3.60. The second kappa shape index (κ2) is 12.6. The highest BCUT2D eigenvalue weighted by Gasteiger charge is 2.11. The van der Waals surface area contributed by atoms with Gasteiger partial charge in [-0.3, -0.25) is 14.7 Å². The van der Waals surface area contributed by atoms with Crippen LogP contribution in [0.25, 0.3) is 0 Å². The van der Waals surface area contributed by atoms with E-state index in [-0.39, 0.29) is 11.8 Å². The number of hydrogen-bond donors (Lipinski definition) is 5. The number of amides is 2. The van der Waals surface area contributed by atoms with Gasteiger partial charge in [-0.15, -0.1) is 0 Å². The van der Waals surface area contributed by atoms with Gasteiger partial charge in [0.2, 0.25) is 11.8 Å². The fourth-order valence-corrected chi connectivity index (χ4v) is 3.92. The zero-order chi connectivity index (χ0) is 24.3. The minimum Gasteiger partial charge on any atom is -0.388 e. The molecule has 0 radical (unpaired) electrons. The van der Waals surface area contributed by atoms with Gasteiger partial charge in [-0.1, -0.05) is 12.8 Å². The minimum absolute atomic E-state index is 0.121. The highest BCUT2D eigenvalue weighted by molar-refractivity contribution is 7.99. The summed E-state index contributed by atoms with van der Waals surface area (Å²) < 4.78 is 0.